The lowest BCUT2D eigenvalue weighted by Crippen LogP contribution is -1.95. The molecular weight excluding hydrogens is 412 g/mol. The molecule has 6 nitrogen and oxygen atoms in total. The minimum atomic E-state index is 0.405. The predicted octanol–water partition coefficient (Wildman–Crippen LogP) is 4.64. The van der Waals surface area contributed by atoms with E-state index in [-0.39, 0.29) is 0 Å². The molecule has 0 aliphatic rings. The molecule has 0 unspecified atom stereocenters. The van der Waals surface area contributed by atoms with Crippen LogP contribution in [0.25, 0.3) is 22.8 Å². The zero-order valence-corrected chi connectivity index (χ0v) is 15.8. The molecule has 8 heteroatoms. The van der Waals surface area contributed by atoms with Gasteiger partial charge in [0.15, 0.2) is 0 Å². The molecule has 0 saturated heterocycles. The number of aromatic nitrogens is 5. The zero-order valence-electron chi connectivity index (χ0n) is 13.4. The van der Waals surface area contributed by atoms with Crippen molar-refractivity contribution in [1.82, 2.24) is 25.1 Å². The van der Waals surface area contributed by atoms with E-state index >= 15 is 0 Å². The Bertz CT molecular complexity index is 1130. The SMILES string of the molecule is S=c1[nH]nc(-c2cc(-c3ccccc3)n[nH]2)n1N=Cc1cccc(Br)c1. The highest BCUT2D eigenvalue weighted by Crippen LogP contribution is 2.22. The average Bonchev–Trinajstić information content (AvgIpc) is 3.28. The maximum absolute atomic E-state index is 5.30. The van der Waals surface area contributed by atoms with Crippen molar-refractivity contribution in [3.05, 3.63) is 75.5 Å². The van der Waals surface area contributed by atoms with Gasteiger partial charge in [0.2, 0.25) is 10.6 Å². The molecule has 2 N–H and O–H groups in total. The molecule has 4 aromatic rings. The number of nitrogens with one attached hydrogen (secondary N) is 2. The summed E-state index contributed by atoms with van der Waals surface area (Å²) in [6.45, 7) is 0. The van der Waals surface area contributed by atoms with Crippen molar-refractivity contribution in [2.24, 2.45) is 5.10 Å². The summed E-state index contributed by atoms with van der Waals surface area (Å²) in [5.74, 6) is 0.566. The first-order valence-corrected chi connectivity index (χ1v) is 8.99. The minimum Gasteiger partial charge on any atom is -0.274 e. The van der Waals surface area contributed by atoms with E-state index in [1.165, 1.54) is 0 Å². The summed E-state index contributed by atoms with van der Waals surface area (Å²) in [7, 11) is 0. The van der Waals surface area contributed by atoms with Crippen LogP contribution in [0, 0.1) is 4.77 Å². The highest BCUT2D eigenvalue weighted by Gasteiger charge is 2.12. The summed E-state index contributed by atoms with van der Waals surface area (Å²) in [5.41, 5.74) is 3.52. The first kappa shape index (κ1) is 16.6. The van der Waals surface area contributed by atoms with Crippen LogP contribution in [-0.2, 0) is 0 Å². The van der Waals surface area contributed by atoms with Crippen LogP contribution >= 0.6 is 28.1 Å². The third kappa shape index (κ3) is 3.42. The van der Waals surface area contributed by atoms with Crippen LogP contribution in [0.15, 0.2) is 70.2 Å². The number of nitrogens with zero attached hydrogens (tertiary/aromatic N) is 4. The first-order valence-electron chi connectivity index (χ1n) is 7.79. The Labute approximate surface area is 162 Å². The quantitative estimate of drug-likeness (QED) is 0.370. The van der Waals surface area contributed by atoms with Crippen LogP contribution in [-0.4, -0.2) is 31.3 Å². The van der Waals surface area contributed by atoms with E-state index in [0.717, 1.165) is 27.0 Å². The molecule has 0 aliphatic carbocycles. The number of H-pyrrole nitrogens is 2. The van der Waals surface area contributed by atoms with Crippen LogP contribution in [0.5, 0.6) is 0 Å². The molecule has 26 heavy (non-hydrogen) atoms. The van der Waals surface area contributed by atoms with Crippen molar-refractivity contribution in [1.29, 1.82) is 0 Å². The van der Waals surface area contributed by atoms with E-state index in [1.807, 2.05) is 60.7 Å². The van der Waals surface area contributed by atoms with E-state index < -0.39 is 0 Å². The lowest BCUT2D eigenvalue weighted by Gasteiger charge is -1.98. The van der Waals surface area contributed by atoms with Crippen LogP contribution < -0.4 is 0 Å². The normalized spacial score (nSPS) is 11.3. The van der Waals surface area contributed by atoms with Gasteiger partial charge in [-0.2, -0.15) is 20.0 Å². The third-order valence-electron chi connectivity index (χ3n) is 3.71. The molecule has 0 saturated carbocycles. The Morgan fingerprint density at radius 1 is 1.00 bits per heavy atom. The second-order valence-corrected chi connectivity index (χ2v) is 6.80. The topological polar surface area (TPSA) is 74.7 Å². The van der Waals surface area contributed by atoms with Crippen molar-refractivity contribution in [3.63, 3.8) is 0 Å². The summed E-state index contributed by atoms with van der Waals surface area (Å²) in [5, 5.41) is 18.9. The van der Waals surface area contributed by atoms with Gasteiger partial charge in [-0.25, -0.2) is 5.10 Å². The van der Waals surface area contributed by atoms with Crippen molar-refractivity contribution < 1.29 is 0 Å². The van der Waals surface area contributed by atoms with Gasteiger partial charge in [-0.1, -0.05) is 58.4 Å². The Kier molecular flexibility index (Phi) is 4.59. The molecule has 2 aromatic heterocycles. The van der Waals surface area contributed by atoms with Gasteiger partial charge in [0.05, 0.1) is 11.9 Å². The molecule has 0 radical (unpaired) electrons. The number of aromatic amines is 2. The Balaban J connectivity index is 1.69. The fourth-order valence-electron chi connectivity index (χ4n) is 2.48. The van der Waals surface area contributed by atoms with Gasteiger partial charge >= 0.3 is 0 Å². The maximum atomic E-state index is 5.30. The fourth-order valence-corrected chi connectivity index (χ4v) is 3.07. The van der Waals surface area contributed by atoms with Crippen molar-refractivity contribution >= 4 is 34.4 Å². The second kappa shape index (κ2) is 7.19. The molecule has 0 bridgehead atoms. The van der Waals surface area contributed by atoms with Crippen LogP contribution in [0.1, 0.15) is 5.56 Å². The lowest BCUT2D eigenvalue weighted by molar-refractivity contribution is 0.865. The van der Waals surface area contributed by atoms with E-state index in [4.69, 9.17) is 12.2 Å². The number of halogens is 1. The number of hydrogen-bond donors (Lipinski definition) is 2. The van der Waals surface area contributed by atoms with Crippen molar-refractivity contribution in [2.45, 2.75) is 0 Å². The summed E-state index contributed by atoms with van der Waals surface area (Å²) in [6, 6.07) is 19.7. The monoisotopic (exact) mass is 424 g/mol. The molecule has 2 aromatic carbocycles. The molecule has 0 spiro atoms. The Morgan fingerprint density at radius 2 is 1.85 bits per heavy atom. The first-order chi connectivity index (χ1) is 12.7. The van der Waals surface area contributed by atoms with Gasteiger partial charge in [-0.05, 0) is 36.0 Å². The molecule has 0 amide bonds. The van der Waals surface area contributed by atoms with E-state index in [2.05, 4.69) is 41.4 Å². The lowest BCUT2D eigenvalue weighted by atomic mass is 10.1. The van der Waals surface area contributed by atoms with E-state index in [1.54, 1.807) is 10.9 Å². The van der Waals surface area contributed by atoms with Gasteiger partial charge in [0, 0.05) is 10.0 Å². The zero-order chi connectivity index (χ0) is 17.9. The summed E-state index contributed by atoms with van der Waals surface area (Å²) in [6.07, 6.45) is 1.73. The number of rotatable bonds is 4. The largest absolute Gasteiger partial charge is 0.274 e. The highest BCUT2D eigenvalue weighted by atomic mass is 79.9. The molecule has 0 atom stereocenters. The van der Waals surface area contributed by atoms with E-state index in [9.17, 15) is 0 Å². The molecule has 0 fully saturated rings. The molecular formula is C18H13BrN6S. The average molecular weight is 425 g/mol. The fraction of sp³-hybridized carbons (Fsp3) is 0. The summed E-state index contributed by atoms with van der Waals surface area (Å²) in [4.78, 5) is 0. The minimum absolute atomic E-state index is 0.405. The van der Waals surface area contributed by atoms with Crippen molar-refractivity contribution in [3.8, 4) is 22.8 Å². The molecule has 0 aliphatic heterocycles. The Morgan fingerprint density at radius 3 is 2.65 bits per heavy atom. The van der Waals surface area contributed by atoms with Crippen molar-refractivity contribution in [2.75, 3.05) is 0 Å². The predicted molar refractivity (Wildman–Crippen MR) is 108 cm³/mol. The summed E-state index contributed by atoms with van der Waals surface area (Å²) >= 11 is 8.75. The molecule has 4 rings (SSSR count). The van der Waals surface area contributed by atoms with Crippen LogP contribution in [0.3, 0.4) is 0 Å². The molecule has 2 heterocycles. The number of benzene rings is 2. The molecule has 128 valence electrons. The van der Waals surface area contributed by atoms with Gasteiger partial charge < -0.3 is 0 Å². The second-order valence-electron chi connectivity index (χ2n) is 5.50. The maximum Gasteiger partial charge on any atom is 0.216 e. The standard InChI is InChI=1S/C18H13BrN6S/c19-14-8-4-5-12(9-14)11-20-25-17(23-24-18(25)26)16-10-15(21-22-16)13-6-2-1-3-7-13/h1-11H,(H,21,22)(H,24,26). The smallest absolute Gasteiger partial charge is 0.216 e. The van der Waals surface area contributed by atoms with Gasteiger partial charge in [-0.3, -0.25) is 5.10 Å². The van der Waals surface area contributed by atoms with E-state index in [0.29, 0.717) is 10.6 Å². The highest BCUT2D eigenvalue weighted by molar-refractivity contribution is 9.10. The van der Waals surface area contributed by atoms with Gasteiger partial charge in [-0.15, -0.1) is 0 Å². The number of hydrogen-bond acceptors (Lipinski definition) is 4. The van der Waals surface area contributed by atoms with Gasteiger partial charge in [0.25, 0.3) is 0 Å². The Hall–Kier alpha value is -2.84. The van der Waals surface area contributed by atoms with Crippen LogP contribution in [0.2, 0.25) is 0 Å². The summed E-state index contributed by atoms with van der Waals surface area (Å²) < 4.78 is 2.96. The van der Waals surface area contributed by atoms with Gasteiger partial charge in [0.1, 0.15) is 5.69 Å². The van der Waals surface area contributed by atoms with Crippen LogP contribution in [0.4, 0.5) is 0 Å². The third-order valence-corrected chi connectivity index (χ3v) is 4.47.